The number of hydrogen-bond donors (Lipinski definition) is 3. The summed E-state index contributed by atoms with van der Waals surface area (Å²) < 4.78 is 0. The van der Waals surface area contributed by atoms with Crippen molar-refractivity contribution in [3.63, 3.8) is 0 Å². The maximum Gasteiger partial charge on any atom is 0.306 e. The molecule has 1 saturated heterocycles. The standard InChI is InChI=1S/C14H23N3O4/c15-12(18)8-17-5-3-11(4-6-17)16-13(19)9-1-2-10(7-9)14(20)21/h9-11H,1-8H2,(H2,15,18)(H,16,19)(H,20,21)/t9-,10+/m1/s1. The monoisotopic (exact) mass is 297 g/mol. The van der Waals surface area contributed by atoms with E-state index in [2.05, 4.69) is 5.32 Å². The highest BCUT2D eigenvalue weighted by atomic mass is 16.4. The number of hydrogen-bond acceptors (Lipinski definition) is 4. The van der Waals surface area contributed by atoms with Crippen molar-refractivity contribution in [3.8, 4) is 0 Å². The van der Waals surface area contributed by atoms with E-state index in [0.717, 1.165) is 25.9 Å². The first kappa shape index (κ1) is 15.8. The summed E-state index contributed by atoms with van der Waals surface area (Å²) in [6.07, 6.45) is 3.29. The summed E-state index contributed by atoms with van der Waals surface area (Å²) in [5.41, 5.74) is 5.16. The fourth-order valence-electron chi connectivity index (χ4n) is 3.22. The van der Waals surface area contributed by atoms with E-state index in [0.29, 0.717) is 19.3 Å². The molecule has 0 bridgehead atoms. The lowest BCUT2D eigenvalue weighted by molar-refractivity contribution is -0.141. The molecule has 2 atom stereocenters. The minimum Gasteiger partial charge on any atom is -0.481 e. The molecule has 4 N–H and O–H groups in total. The zero-order valence-corrected chi connectivity index (χ0v) is 12.1. The average molecular weight is 297 g/mol. The number of carbonyl (C=O) groups is 3. The zero-order valence-electron chi connectivity index (χ0n) is 12.1. The number of amides is 2. The maximum atomic E-state index is 12.1. The molecular weight excluding hydrogens is 274 g/mol. The molecule has 2 aliphatic rings. The highest BCUT2D eigenvalue weighted by molar-refractivity contribution is 5.81. The van der Waals surface area contributed by atoms with Gasteiger partial charge in [0.15, 0.2) is 0 Å². The Morgan fingerprint density at radius 1 is 1.10 bits per heavy atom. The van der Waals surface area contributed by atoms with Crippen LogP contribution in [0.25, 0.3) is 0 Å². The van der Waals surface area contributed by atoms with Crippen LogP contribution in [0.5, 0.6) is 0 Å². The third-order valence-corrected chi connectivity index (χ3v) is 4.47. The topological polar surface area (TPSA) is 113 Å². The van der Waals surface area contributed by atoms with Crippen LogP contribution in [0, 0.1) is 11.8 Å². The van der Waals surface area contributed by atoms with Crippen LogP contribution in [0.4, 0.5) is 0 Å². The molecule has 21 heavy (non-hydrogen) atoms. The van der Waals surface area contributed by atoms with E-state index in [1.165, 1.54) is 0 Å². The number of carboxylic acids is 1. The number of nitrogens with zero attached hydrogens (tertiary/aromatic N) is 1. The Morgan fingerprint density at radius 2 is 1.71 bits per heavy atom. The van der Waals surface area contributed by atoms with Gasteiger partial charge in [0.05, 0.1) is 12.5 Å². The van der Waals surface area contributed by atoms with Crippen LogP contribution in [-0.4, -0.2) is 53.5 Å². The predicted molar refractivity (Wildman–Crippen MR) is 75.3 cm³/mol. The van der Waals surface area contributed by atoms with E-state index in [1.807, 2.05) is 4.90 Å². The van der Waals surface area contributed by atoms with Crippen LogP contribution in [0.2, 0.25) is 0 Å². The van der Waals surface area contributed by atoms with Crippen molar-refractivity contribution in [2.45, 2.75) is 38.1 Å². The van der Waals surface area contributed by atoms with E-state index in [9.17, 15) is 14.4 Å². The summed E-state index contributed by atoms with van der Waals surface area (Å²) in [6.45, 7) is 1.76. The van der Waals surface area contributed by atoms with Gasteiger partial charge in [-0.05, 0) is 32.1 Å². The van der Waals surface area contributed by atoms with Crippen LogP contribution in [0.15, 0.2) is 0 Å². The highest BCUT2D eigenvalue weighted by Crippen LogP contribution is 2.31. The summed E-state index contributed by atoms with van der Waals surface area (Å²) in [4.78, 5) is 35.9. The summed E-state index contributed by atoms with van der Waals surface area (Å²) in [5, 5.41) is 12.0. The van der Waals surface area contributed by atoms with Crippen LogP contribution in [0.3, 0.4) is 0 Å². The zero-order chi connectivity index (χ0) is 15.4. The van der Waals surface area contributed by atoms with E-state index in [4.69, 9.17) is 10.8 Å². The number of carboxylic acid groups (broad SMARTS) is 1. The van der Waals surface area contributed by atoms with Crippen molar-refractivity contribution in [1.82, 2.24) is 10.2 Å². The van der Waals surface area contributed by atoms with E-state index >= 15 is 0 Å². The van der Waals surface area contributed by atoms with Crippen molar-refractivity contribution < 1.29 is 19.5 Å². The average Bonchev–Trinajstić information content (AvgIpc) is 2.90. The molecule has 7 nitrogen and oxygen atoms in total. The van der Waals surface area contributed by atoms with Gasteiger partial charge >= 0.3 is 5.97 Å². The smallest absolute Gasteiger partial charge is 0.306 e. The summed E-state index contributed by atoms with van der Waals surface area (Å²) in [7, 11) is 0. The first-order valence-corrected chi connectivity index (χ1v) is 7.49. The molecule has 2 rings (SSSR count). The maximum absolute atomic E-state index is 12.1. The molecule has 0 aromatic carbocycles. The van der Waals surface area contributed by atoms with E-state index in [-0.39, 0.29) is 36.2 Å². The van der Waals surface area contributed by atoms with Gasteiger partial charge < -0.3 is 16.2 Å². The number of rotatable bonds is 5. The number of nitrogens with two attached hydrogens (primary N) is 1. The lowest BCUT2D eigenvalue weighted by Crippen LogP contribution is -2.47. The molecule has 0 unspecified atom stereocenters. The first-order chi connectivity index (χ1) is 9.95. The number of aliphatic carboxylic acids is 1. The number of nitrogens with one attached hydrogen (secondary N) is 1. The van der Waals surface area contributed by atoms with Crippen molar-refractivity contribution in [2.75, 3.05) is 19.6 Å². The second kappa shape index (κ2) is 6.89. The van der Waals surface area contributed by atoms with Gasteiger partial charge in [0.1, 0.15) is 0 Å². The van der Waals surface area contributed by atoms with Gasteiger partial charge in [-0.15, -0.1) is 0 Å². The SMILES string of the molecule is NC(=O)CN1CCC(NC(=O)[C@@H]2CC[C@H](C(=O)O)C2)CC1. The Morgan fingerprint density at radius 3 is 2.24 bits per heavy atom. The lowest BCUT2D eigenvalue weighted by Gasteiger charge is -2.32. The number of carbonyl (C=O) groups excluding carboxylic acids is 2. The molecule has 0 aromatic rings. The number of likely N-dealkylation sites (tertiary alicyclic amines) is 1. The Hall–Kier alpha value is -1.63. The van der Waals surface area contributed by atoms with Crippen LogP contribution < -0.4 is 11.1 Å². The van der Waals surface area contributed by atoms with Crippen molar-refractivity contribution in [1.29, 1.82) is 0 Å². The molecule has 118 valence electrons. The molecule has 1 aliphatic heterocycles. The lowest BCUT2D eigenvalue weighted by atomic mass is 10.0. The number of primary amides is 1. The van der Waals surface area contributed by atoms with Crippen LogP contribution in [0.1, 0.15) is 32.1 Å². The second-order valence-electron chi connectivity index (χ2n) is 6.07. The van der Waals surface area contributed by atoms with Crippen LogP contribution >= 0.6 is 0 Å². The molecule has 1 saturated carbocycles. The Bertz CT molecular complexity index is 418. The molecule has 0 radical (unpaired) electrons. The van der Waals surface area contributed by atoms with Gasteiger partial charge in [-0.3, -0.25) is 19.3 Å². The van der Waals surface area contributed by atoms with Crippen LogP contribution in [-0.2, 0) is 14.4 Å². The molecular formula is C14H23N3O4. The Balaban J connectivity index is 1.72. The Labute approximate surface area is 123 Å². The third-order valence-electron chi connectivity index (χ3n) is 4.47. The fourth-order valence-corrected chi connectivity index (χ4v) is 3.22. The highest BCUT2D eigenvalue weighted by Gasteiger charge is 2.34. The van der Waals surface area contributed by atoms with Gasteiger partial charge in [-0.1, -0.05) is 0 Å². The minimum absolute atomic E-state index is 0.0212. The molecule has 2 amide bonds. The van der Waals surface area contributed by atoms with Crippen molar-refractivity contribution in [3.05, 3.63) is 0 Å². The summed E-state index contributed by atoms with van der Waals surface area (Å²) in [6, 6.07) is 0.116. The van der Waals surface area contributed by atoms with Gasteiger partial charge in [0.2, 0.25) is 11.8 Å². The summed E-state index contributed by atoms with van der Waals surface area (Å²) in [5.74, 6) is -1.70. The molecule has 1 aliphatic carbocycles. The summed E-state index contributed by atoms with van der Waals surface area (Å²) >= 11 is 0. The van der Waals surface area contributed by atoms with E-state index in [1.54, 1.807) is 0 Å². The van der Waals surface area contributed by atoms with Gasteiger partial charge in [0, 0.05) is 25.0 Å². The molecule has 0 aromatic heterocycles. The normalized spacial score (nSPS) is 27.4. The number of piperidine rings is 1. The molecule has 7 heteroatoms. The second-order valence-corrected chi connectivity index (χ2v) is 6.07. The fraction of sp³-hybridized carbons (Fsp3) is 0.786. The molecule has 2 fully saturated rings. The quantitative estimate of drug-likeness (QED) is 0.636. The molecule has 0 spiro atoms. The van der Waals surface area contributed by atoms with Crippen molar-refractivity contribution >= 4 is 17.8 Å². The minimum atomic E-state index is -0.801. The predicted octanol–water partition coefficient (Wildman–Crippen LogP) is -0.447. The van der Waals surface area contributed by atoms with Gasteiger partial charge in [-0.25, -0.2) is 0 Å². The van der Waals surface area contributed by atoms with Gasteiger partial charge in [0.25, 0.3) is 0 Å². The largest absolute Gasteiger partial charge is 0.481 e. The Kier molecular flexibility index (Phi) is 5.17. The third kappa shape index (κ3) is 4.42. The van der Waals surface area contributed by atoms with Gasteiger partial charge in [-0.2, -0.15) is 0 Å². The van der Waals surface area contributed by atoms with E-state index < -0.39 is 5.97 Å². The molecule has 1 heterocycles. The first-order valence-electron chi connectivity index (χ1n) is 7.49. The van der Waals surface area contributed by atoms with Crippen molar-refractivity contribution in [2.24, 2.45) is 17.6 Å².